The minimum absolute atomic E-state index is 0.335. The van der Waals surface area contributed by atoms with Gasteiger partial charge < -0.3 is 14.2 Å². The summed E-state index contributed by atoms with van der Waals surface area (Å²) in [5.74, 6) is 1.02. The van der Waals surface area contributed by atoms with E-state index >= 15 is 0 Å². The first kappa shape index (κ1) is 23.7. The molecule has 0 spiro atoms. The Morgan fingerprint density at radius 1 is 1.13 bits per heavy atom. The van der Waals surface area contributed by atoms with Crippen molar-refractivity contribution in [2.45, 2.75) is 0 Å². The number of hydrogen-bond donors (Lipinski definition) is 1. The molecule has 0 aliphatic rings. The maximum Gasteiger partial charge on any atom is 0.260 e. The van der Waals surface area contributed by atoms with E-state index in [1.165, 1.54) is 20.4 Å². The summed E-state index contributed by atoms with van der Waals surface area (Å²) < 4.78 is 41.1. The van der Waals surface area contributed by atoms with Crippen molar-refractivity contribution in [1.82, 2.24) is 5.43 Å². The number of hydrogen-bond acceptors (Lipinski definition) is 7. The third kappa shape index (κ3) is 7.03. The van der Waals surface area contributed by atoms with E-state index in [0.29, 0.717) is 35.1 Å². The Balaban J connectivity index is 2.06. The Morgan fingerprint density at radius 3 is 2.42 bits per heavy atom. The van der Waals surface area contributed by atoms with Crippen LogP contribution >= 0.6 is 0 Å². The van der Waals surface area contributed by atoms with E-state index in [9.17, 15) is 13.2 Å². The molecule has 1 N–H and O–H groups in total. The van der Waals surface area contributed by atoms with Gasteiger partial charge in [-0.25, -0.2) is 13.8 Å². The number of methoxy groups -OCH3 is 2. The van der Waals surface area contributed by atoms with Crippen LogP contribution in [0.25, 0.3) is 0 Å². The molecule has 2 aromatic rings. The summed E-state index contributed by atoms with van der Waals surface area (Å²) in [5.41, 5.74) is 3.31. The lowest BCUT2D eigenvalue weighted by molar-refractivity contribution is -0.119. The minimum atomic E-state index is -3.69. The standard InChI is InChI=1S/C21H25N3O6S/c1-5-12-30-19-11-6-16(13-20(19)29-3)14-22-23-21(25)15-24(31(4,26)27)17-7-9-18(28-2)10-8-17/h5-11,13-14H,1,12,15H2,2-4H3,(H,23,25)/b22-14-. The lowest BCUT2D eigenvalue weighted by Gasteiger charge is -2.21. The number of carbonyl (C=O) groups is 1. The highest BCUT2D eigenvalue weighted by atomic mass is 32.2. The molecule has 0 aromatic heterocycles. The van der Waals surface area contributed by atoms with Gasteiger partial charge >= 0.3 is 0 Å². The van der Waals surface area contributed by atoms with Gasteiger partial charge in [-0.2, -0.15) is 5.10 Å². The van der Waals surface area contributed by atoms with Gasteiger partial charge in [-0.15, -0.1) is 0 Å². The van der Waals surface area contributed by atoms with E-state index in [2.05, 4.69) is 17.1 Å². The topological polar surface area (TPSA) is 107 Å². The fraction of sp³-hybridized carbons (Fsp3) is 0.238. The summed E-state index contributed by atoms with van der Waals surface area (Å²) in [6.45, 7) is 3.50. The predicted octanol–water partition coefficient (Wildman–Crippen LogP) is 2.18. The molecule has 10 heteroatoms. The first-order valence-corrected chi connectivity index (χ1v) is 11.0. The van der Waals surface area contributed by atoms with Gasteiger partial charge in [-0.05, 0) is 48.0 Å². The second-order valence-electron chi connectivity index (χ2n) is 6.27. The smallest absolute Gasteiger partial charge is 0.260 e. The maximum absolute atomic E-state index is 12.3. The molecule has 9 nitrogen and oxygen atoms in total. The molecule has 0 aliphatic carbocycles. The molecular formula is C21H25N3O6S. The van der Waals surface area contributed by atoms with E-state index < -0.39 is 22.5 Å². The molecule has 0 atom stereocenters. The SMILES string of the molecule is C=CCOc1ccc(/C=N\NC(=O)CN(c2ccc(OC)cc2)S(C)(=O)=O)cc1OC. The average Bonchev–Trinajstić information content (AvgIpc) is 2.75. The number of benzene rings is 2. The average molecular weight is 448 g/mol. The first-order valence-electron chi connectivity index (χ1n) is 9.14. The largest absolute Gasteiger partial charge is 0.497 e. The molecule has 0 unspecified atom stereocenters. The van der Waals surface area contributed by atoms with E-state index in [1.54, 1.807) is 48.5 Å². The summed E-state index contributed by atoms with van der Waals surface area (Å²) >= 11 is 0. The molecule has 0 heterocycles. The lowest BCUT2D eigenvalue weighted by atomic mass is 10.2. The monoisotopic (exact) mass is 447 g/mol. The van der Waals surface area contributed by atoms with Gasteiger partial charge in [0.1, 0.15) is 18.9 Å². The van der Waals surface area contributed by atoms with E-state index in [-0.39, 0.29) is 0 Å². The first-order chi connectivity index (χ1) is 14.8. The number of carbonyl (C=O) groups excluding carboxylic acids is 1. The summed E-state index contributed by atoms with van der Waals surface area (Å²) in [6.07, 6.45) is 4.06. The quantitative estimate of drug-likeness (QED) is 0.322. The Morgan fingerprint density at radius 2 is 1.84 bits per heavy atom. The summed E-state index contributed by atoms with van der Waals surface area (Å²) in [4.78, 5) is 12.3. The van der Waals surface area contributed by atoms with Crippen LogP contribution < -0.4 is 23.9 Å². The Labute approximate surface area is 182 Å². The third-order valence-corrected chi connectivity index (χ3v) is 5.14. The number of nitrogens with zero attached hydrogens (tertiary/aromatic N) is 2. The molecule has 0 aliphatic heterocycles. The van der Waals surface area contributed by atoms with Gasteiger partial charge in [-0.3, -0.25) is 9.10 Å². The van der Waals surface area contributed by atoms with Crippen LogP contribution in [0.2, 0.25) is 0 Å². The van der Waals surface area contributed by atoms with Gasteiger partial charge in [0.25, 0.3) is 5.91 Å². The van der Waals surface area contributed by atoms with E-state index in [4.69, 9.17) is 14.2 Å². The highest BCUT2D eigenvalue weighted by molar-refractivity contribution is 7.92. The van der Waals surface area contributed by atoms with Gasteiger partial charge in [0.15, 0.2) is 11.5 Å². The third-order valence-electron chi connectivity index (χ3n) is 4.00. The van der Waals surface area contributed by atoms with Crippen LogP contribution in [0.3, 0.4) is 0 Å². The minimum Gasteiger partial charge on any atom is -0.497 e. The normalized spacial score (nSPS) is 11.1. The number of rotatable bonds is 11. The summed E-state index contributed by atoms with van der Waals surface area (Å²) in [5, 5.41) is 3.89. The zero-order chi connectivity index (χ0) is 22.9. The van der Waals surface area contributed by atoms with Gasteiger partial charge in [0.05, 0.1) is 32.4 Å². The Kier molecular flexibility index (Phi) is 8.44. The van der Waals surface area contributed by atoms with Crippen LogP contribution in [-0.2, 0) is 14.8 Å². The van der Waals surface area contributed by atoms with Gasteiger partial charge in [0, 0.05) is 0 Å². The van der Waals surface area contributed by atoms with Crippen LogP contribution in [-0.4, -0.2) is 54.2 Å². The maximum atomic E-state index is 12.3. The molecule has 2 aromatic carbocycles. The van der Waals surface area contributed by atoms with Crippen LogP contribution in [0.4, 0.5) is 5.69 Å². The summed E-state index contributed by atoms with van der Waals surface area (Å²) in [6, 6.07) is 11.5. The van der Waals surface area contributed by atoms with Crippen molar-refractivity contribution in [2.24, 2.45) is 5.10 Å². The molecule has 0 radical (unpaired) electrons. The molecular weight excluding hydrogens is 422 g/mol. The number of ether oxygens (including phenoxy) is 3. The Bertz CT molecular complexity index is 1040. The molecule has 2 rings (SSSR count). The zero-order valence-electron chi connectivity index (χ0n) is 17.6. The molecule has 0 fully saturated rings. The fourth-order valence-electron chi connectivity index (χ4n) is 2.53. The number of nitrogens with one attached hydrogen (secondary N) is 1. The zero-order valence-corrected chi connectivity index (χ0v) is 18.4. The predicted molar refractivity (Wildman–Crippen MR) is 120 cm³/mol. The van der Waals surface area contributed by atoms with Crippen molar-refractivity contribution in [3.63, 3.8) is 0 Å². The number of anilines is 1. The number of amides is 1. The molecule has 0 saturated heterocycles. The van der Waals surface area contributed by atoms with Crippen molar-refractivity contribution in [1.29, 1.82) is 0 Å². The van der Waals surface area contributed by atoms with Crippen molar-refractivity contribution >= 4 is 27.8 Å². The van der Waals surface area contributed by atoms with Crippen LogP contribution in [0.1, 0.15) is 5.56 Å². The van der Waals surface area contributed by atoms with Crippen molar-refractivity contribution in [2.75, 3.05) is 37.9 Å². The Hall–Kier alpha value is -3.53. The second-order valence-corrected chi connectivity index (χ2v) is 8.18. The highest BCUT2D eigenvalue weighted by Gasteiger charge is 2.20. The van der Waals surface area contributed by atoms with Crippen molar-refractivity contribution in [3.05, 3.63) is 60.7 Å². The van der Waals surface area contributed by atoms with E-state index in [0.717, 1.165) is 10.6 Å². The molecule has 31 heavy (non-hydrogen) atoms. The van der Waals surface area contributed by atoms with Crippen molar-refractivity contribution in [3.8, 4) is 17.2 Å². The van der Waals surface area contributed by atoms with E-state index in [1.807, 2.05) is 0 Å². The fourth-order valence-corrected chi connectivity index (χ4v) is 3.38. The highest BCUT2D eigenvalue weighted by Crippen LogP contribution is 2.27. The van der Waals surface area contributed by atoms with Gasteiger partial charge in [0.2, 0.25) is 10.0 Å². The van der Waals surface area contributed by atoms with Crippen LogP contribution in [0, 0.1) is 0 Å². The molecule has 1 amide bonds. The molecule has 0 saturated carbocycles. The van der Waals surface area contributed by atoms with Crippen LogP contribution in [0.5, 0.6) is 17.2 Å². The van der Waals surface area contributed by atoms with Crippen LogP contribution in [0.15, 0.2) is 60.2 Å². The number of hydrazone groups is 1. The van der Waals surface area contributed by atoms with Gasteiger partial charge in [-0.1, -0.05) is 12.7 Å². The second kappa shape index (κ2) is 11.0. The molecule has 0 bridgehead atoms. The number of sulfonamides is 1. The lowest BCUT2D eigenvalue weighted by Crippen LogP contribution is -2.39. The summed E-state index contributed by atoms with van der Waals surface area (Å²) in [7, 11) is -0.671. The molecule has 166 valence electrons. The van der Waals surface area contributed by atoms with Crippen molar-refractivity contribution < 1.29 is 27.4 Å².